The van der Waals surface area contributed by atoms with Crippen LogP contribution in [0.25, 0.3) is 0 Å². The summed E-state index contributed by atoms with van der Waals surface area (Å²) < 4.78 is 41.1. The number of nitrogens with one attached hydrogen (secondary N) is 1. The summed E-state index contributed by atoms with van der Waals surface area (Å²) in [5.41, 5.74) is -2.55. The second kappa shape index (κ2) is 7.70. The van der Waals surface area contributed by atoms with Crippen molar-refractivity contribution in [2.45, 2.75) is 43.8 Å². The molecular formula is C19H19ClF3N3O3. The lowest BCUT2D eigenvalue weighted by atomic mass is 9.78. The van der Waals surface area contributed by atoms with Crippen molar-refractivity contribution in [1.29, 1.82) is 0 Å². The van der Waals surface area contributed by atoms with E-state index in [0.29, 0.717) is 18.4 Å². The number of halogens is 4. The van der Waals surface area contributed by atoms with Crippen molar-refractivity contribution in [2.75, 3.05) is 7.05 Å². The fraction of sp³-hybridized carbons (Fsp3) is 0.421. The molecule has 0 radical (unpaired) electrons. The molecule has 0 atom stereocenters. The molecule has 0 bridgehead atoms. The van der Waals surface area contributed by atoms with E-state index < -0.39 is 39.9 Å². The van der Waals surface area contributed by atoms with Crippen molar-refractivity contribution >= 4 is 17.5 Å². The van der Waals surface area contributed by atoms with E-state index in [2.05, 4.69) is 10.4 Å². The first-order valence-electron chi connectivity index (χ1n) is 8.97. The van der Waals surface area contributed by atoms with Gasteiger partial charge in [-0.25, -0.2) is 0 Å². The number of aromatic hydroxyl groups is 1. The van der Waals surface area contributed by atoms with Gasteiger partial charge < -0.3 is 10.4 Å². The minimum Gasteiger partial charge on any atom is -0.503 e. The predicted octanol–water partition coefficient (Wildman–Crippen LogP) is 3.49. The fourth-order valence-electron chi connectivity index (χ4n) is 3.83. The summed E-state index contributed by atoms with van der Waals surface area (Å²) in [4.78, 5) is 23.9. The average Bonchev–Trinajstić information content (AvgIpc) is 3.12. The van der Waals surface area contributed by atoms with Gasteiger partial charge in [-0.1, -0.05) is 24.4 Å². The number of amides is 1. The van der Waals surface area contributed by atoms with E-state index in [-0.39, 0.29) is 11.6 Å². The smallest absolute Gasteiger partial charge is 0.416 e. The molecule has 0 saturated heterocycles. The van der Waals surface area contributed by atoms with E-state index in [1.165, 1.54) is 17.8 Å². The first kappa shape index (κ1) is 21.2. The highest BCUT2D eigenvalue weighted by Crippen LogP contribution is 2.45. The number of aromatic nitrogens is 2. The second-order valence-corrected chi connectivity index (χ2v) is 7.62. The molecule has 1 heterocycles. The molecule has 1 aromatic carbocycles. The highest BCUT2D eigenvalue weighted by molar-refractivity contribution is 6.30. The number of nitrogens with zero attached hydrogens (tertiary/aromatic N) is 2. The summed E-state index contributed by atoms with van der Waals surface area (Å²) in [5.74, 6) is -1.42. The normalized spacial score (nSPS) is 16.0. The monoisotopic (exact) mass is 429 g/mol. The number of hydrogen-bond acceptors (Lipinski definition) is 4. The Bertz CT molecular complexity index is 998. The van der Waals surface area contributed by atoms with Gasteiger partial charge in [0, 0.05) is 17.5 Å². The van der Waals surface area contributed by atoms with Gasteiger partial charge in [-0.3, -0.25) is 14.3 Å². The molecule has 0 unspecified atom stereocenters. The molecule has 0 spiro atoms. The maximum atomic E-state index is 13.3. The van der Waals surface area contributed by atoms with Crippen molar-refractivity contribution < 1.29 is 23.1 Å². The van der Waals surface area contributed by atoms with Crippen LogP contribution in [0.1, 0.15) is 47.3 Å². The molecule has 29 heavy (non-hydrogen) atoms. The Morgan fingerprint density at radius 2 is 1.97 bits per heavy atom. The molecule has 1 aliphatic carbocycles. The van der Waals surface area contributed by atoms with Crippen molar-refractivity contribution in [3.05, 3.63) is 56.5 Å². The van der Waals surface area contributed by atoms with Gasteiger partial charge in [0.1, 0.15) is 0 Å². The van der Waals surface area contributed by atoms with E-state index >= 15 is 0 Å². The van der Waals surface area contributed by atoms with Gasteiger partial charge in [-0.2, -0.15) is 18.3 Å². The maximum absolute atomic E-state index is 13.3. The molecule has 156 valence electrons. The van der Waals surface area contributed by atoms with Gasteiger partial charge in [0.15, 0.2) is 11.4 Å². The van der Waals surface area contributed by atoms with Gasteiger partial charge >= 0.3 is 6.18 Å². The molecule has 6 nitrogen and oxygen atoms in total. The zero-order valence-corrected chi connectivity index (χ0v) is 16.3. The SMILES string of the molecule is CNC(=O)c1nn(CC2(c3cc(Cl)cc(C(F)(F)F)c3)CCCC2)cc(O)c1=O. The third kappa shape index (κ3) is 4.24. The summed E-state index contributed by atoms with van der Waals surface area (Å²) in [7, 11) is 1.32. The Hall–Kier alpha value is -2.55. The lowest BCUT2D eigenvalue weighted by molar-refractivity contribution is -0.137. The predicted molar refractivity (Wildman–Crippen MR) is 100 cm³/mol. The lowest BCUT2D eigenvalue weighted by Gasteiger charge is -2.31. The van der Waals surface area contributed by atoms with Gasteiger partial charge in [-0.15, -0.1) is 0 Å². The van der Waals surface area contributed by atoms with Crippen LogP contribution in [0.15, 0.2) is 29.2 Å². The summed E-state index contributed by atoms with van der Waals surface area (Å²) in [6, 6.07) is 3.46. The molecule has 1 aromatic heterocycles. The quantitative estimate of drug-likeness (QED) is 0.779. The molecule has 10 heteroatoms. The molecule has 1 fully saturated rings. The van der Waals surface area contributed by atoms with E-state index in [9.17, 15) is 27.9 Å². The molecule has 3 rings (SSSR count). The molecule has 0 aliphatic heterocycles. The zero-order valence-electron chi connectivity index (χ0n) is 15.5. The standard InChI is InChI=1S/C19H19ClF3N3O3/c1-24-17(29)15-16(28)14(27)9-26(25-15)10-18(4-2-3-5-18)11-6-12(19(21,22)23)8-13(20)7-11/h6-9,27H,2-5,10H2,1H3,(H,24,29). The first-order valence-corrected chi connectivity index (χ1v) is 9.35. The molecule has 2 aromatic rings. The van der Waals surface area contributed by atoms with E-state index in [1.54, 1.807) is 0 Å². The first-order chi connectivity index (χ1) is 13.6. The summed E-state index contributed by atoms with van der Waals surface area (Å²) in [6.07, 6.45) is -0.711. The Morgan fingerprint density at radius 1 is 1.31 bits per heavy atom. The third-order valence-corrected chi connectivity index (χ3v) is 5.47. The Balaban J connectivity index is 2.08. The summed E-state index contributed by atoms with van der Waals surface area (Å²) in [5, 5.41) is 16.2. The lowest BCUT2D eigenvalue weighted by Crippen LogP contribution is -2.34. The van der Waals surface area contributed by atoms with Crippen LogP contribution < -0.4 is 10.7 Å². The average molecular weight is 430 g/mol. The van der Waals surface area contributed by atoms with E-state index in [0.717, 1.165) is 31.2 Å². The fourth-order valence-corrected chi connectivity index (χ4v) is 4.07. The van der Waals surface area contributed by atoms with Crippen LogP contribution in [0.2, 0.25) is 5.02 Å². The van der Waals surface area contributed by atoms with Crippen LogP contribution >= 0.6 is 11.6 Å². The number of benzene rings is 1. The van der Waals surface area contributed by atoms with Crippen LogP contribution in [0.5, 0.6) is 5.75 Å². The van der Waals surface area contributed by atoms with Crippen molar-refractivity contribution in [3.8, 4) is 5.75 Å². The Labute approximate surface area is 169 Å². The van der Waals surface area contributed by atoms with Crippen LogP contribution in [0.4, 0.5) is 13.2 Å². The third-order valence-electron chi connectivity index (χ3n) is 5.25. The number of carbonyl (C=O) groups is 1. The molecule has 1 saturated carbocycles. The minimum absolute atomic E-state index is 0.0251. The molecular weight excluding hydrogens is 411 g/mol. The highest BCUT2D eigenvalue weighted by Gasteiger charge is 2.39. The van der Waals surface area contributed by atoms with Crippen LogP contribution in [0, 0.1) is 0 Å². The largest absolute Gasteiger partial charge is 0.503 e. The maximum Gasteiger partial charge on any atom is 0.416 e. The molecule has 2 N–H and O–H groups in total. The van der Waals surface area contributed by atoms with Gasteiger partial charge in [0.05, 0.1) is 18.3 Å². The number of rotatable bonds is 4. The zero-order chi connectivity index (χ0) is 21.4. The molecule has 1 amide bonds. The van der Waals surface area contributed by atoms with Crippen molar-refractivity contribution in [3.63, 3.8) is 0 Å². The minimum atomic E-state index is -4.54. The van der Waals surface area contributed by atoms with Crippen LogP contribution in [0.3, 0.4) is 0 Å². The van der Waals surface area contributed by atoms with Gasteiger partial charge in [0.25, 0.3) is 11.3 Å². The van der Waals surface area contributed by atoms with Crippen molar-refractivity contribution in [2.24, 2.45) is 0 Å². The molecule has 1 aliphatic rings. The van der Waals surface area contributed by atoms with E-state index in [1.807, 2.05) is 0 Å². The summed E-state index contributed by atoms with van der Waals surface area (Å²) >= 11 is 5.97. The van der Waals surface area contributed by atoms with Gasteiger partial charge in [0.2, 0.25) is 0 Å². The number of alkyl halides is 3. The van der Waals surface area contributed by atoms with Crippen molar-refractivity contribution in [1.82, 2.24) is 15.1 Å². The summed E-state index contributed by atoms with van der Waals surface area (Å²) in [6.45, 7) is 0.0858. The number of hydrogen-bond donors (Lipinski definition) is 2. The van der Waals surface area contributed by atoms with Crippen LogP contribution in [-0.4, -0.2) is 27.8 Å². The van der Waals surface area contributed by atoms with E-state index in [4.69, 9.17) is 11.6 Å². The second-order valence-electron chi connectivity index (χ2n) is 7.18. The Kier molecular flexibility index (Phi) is 5.62. The Morgan fingerprint density at radius 3 is 2.55 bits per heavy atom. The van der Waals surface area contributed by atoms with Crippen LogP contribution in [-0.2, 0) is 18.1 Å². The highest BCUT2D eigenvalue weighted by atomic mass is 35.5. The van der Waals surface area contributed by atoms with Gasteiger partial charge in [-0.05, 0) is 36.6 Å². The topological polar surface area (TPSA) is 84.2 Å². The number of carbonyl (C=O) groups excluding carboxylic acids is 1.